The van der Waals surface area contributed by atoms with Crippen LogP contribution in [0.1, 0.15) is 20.8 Å². The molecule has 1 saturated heterocycles. The molecule has 0 aromatic carbocycles. The summed E-state index contributed by atoms with van der Waals surface area (Å²) < 4.78 is 0. The Morgan fingerprint density at radius 2 is 2.00 bits per heavy atom. The van der Waals surface area contributed by atoms with E-state index < -0.39 is 0 Å². The molecule has 1 aliphatic rings. The Balaban J connectivity index is 2.04. The van der Waals surface area contributed by atoms with Crippen molar-refractivity contribution in [1.29, 1.82) is 0 Å². The van der Waals surface area contributed by atoms with Crippen molar-refractivity contribution in [2.75, 3.05) is 19.6 Å². The fourth-order valence-corrected chi connectivity index (χ4v) is 0.884. The van der Waals surface area contributed by atoms with Crippen LogP contribution in [0.3, 0.4) is 0 Å². The molecular formula is C8H18N2. The zero-order valence-electron chi connectivity index (χ0n) is 7.20. The average molecular weight is 142 g/mol. The molecule has 0 unspecified atom stereocenters. The molecule has 2 nitrogen and oxygen atoms in total. The summed E-state index contributed by atoms with van der Waals surface area (Å²) in [6.07, 6.45) is 0. The van der Waals surface area contributed by atoms with Gasteiger partial charge in [-0.05, 0) is 5.41 Å². The molecule has 0 radical (unpaired) electrons. The predicted octanol–water partition coefficient (Wildman–Crippen LogP) is 0.594. The highest BCUT2D eigenvalue weighted by Crippen LogP contribution is 2.10. The molecule has 1 heterocycles. The van der Waals surface area contributed by atoms with Crippen molar-refractivity contribution >= 4 is 0 Å². The van der Waals surface area contributed by atoms with Crippen molar-refractivity contribution in [3.8, 4) is 0 Å². The molecule has 1 rings (SSSR count). The molecule has 0 aromatic rings. The lowest BCUT2D eigenvalue weighted by atomic mass is 9.96. The minimum Gasteiger partial charge on any atom is -0.314 e. The van der Waals surface area contributed by atoms with E-state index in [1.807, 2.05) is 0 Å². The Kier molecular flexibility index (Phi) is 2.32. The van der Waals surface area contributed by atoms with Crippen LogP contribution < -0.4 is 10.6 Å². The molecule has 0 aliphatic carbocycles. The van der Waals surface area contributed by atoms with Crippen LogP contribution >= 0.6 is 0 Å². The first-order chi connectivity index (χ1) is 4.58. The first-order valence-corrected chi connectivity index (χ1v) is 4.02. The van der Waals surface area contributed by atoms with E-state index in [1.165, 1.54) is 0 Å². The van der Waals surface area contributed by atoms with Gasteiger partial charge in [-0.3, -0.25) is 0 Å². The van der Waals surface area contributed by atoms with Crippen LogP contribution in [-0.2, 0) is 0 Å². The Bertz CT molecular complexity index is 100. The second kappa shape index (κ2) is 2.89. The lowest BCUT2D eigenvalue weighted by Crippen LogP contribution is -2.56. The van der Waals surface area contributed by atoms with Gasteiger partial charge < -0.3 is 10.6 Å². The van der Waals surface area contributed by atoms with Crippen LogP contribution in [0.4, 0.5) is 0 Å². The van der Waals surface area contributed by atoms with Gasteiger partial charge in [0.2, 0.25) is 0 Å². The van der Waals surface area contributed by atoms with Gasteiger partial charge in [0.15, 0.2) is 0 Å². The highest BCUT2D eigenvalue weighted by Gasteiger charge is 2.18. The van der Waals surface area contributed by atoms with E-state index in [2.05, 4.69) is 31.4 Å². The highest BCUT2D eigenvalue weighted by molar-refractivity contribution is 4.82. The average Bonchev–Trinajstić information content (AvgIpc) is 1.56. The van der Waals surface area contributed by atoms with Crippen LogP contribution in [0.25, 0.3) is 0 Å². The fourth-order valence-electron chi connectivity index (χ4n) is 0.884. The Morgan fingerprint density at radius 3 is 2.30 bits per heavy atom. The third kappa shape index (κ3) is 2.67. The topological polar surface area (TPSA) is 24.1 Å². The maximum absolute atomic E-state index is 3.50. The van der Waals surface area contributed by atoms with Crippen LogP contribution in [-0.4, -0.2) is 25.7 Å². The summed E-state index contributed by atoms with van der Waals surface area (Å²) in [5, 5.41) is 6.73. The van der Waals surface area contributed by atoms with E-state index in [-0.39, 0.29) is 0 Å². The molecule has 0 amide bonds. The Morgan fingerprint density at radius 1 is 1.40 bits per heavy atom. The Labute approximate surface area is 63.4 Å². The second-order valence-corrected chi connectivity index (χ2v) is 4.30. The highest BCUT2D eigenvalue weighted by atomic mass is 15.1. The normalized spacial score (nSPS) is 20.7. The minimum atomic E-state index is 0.426. The van der Waals surface area contributed by atoms with E-state index in [1.54, 1.807) is 0 Å². The van der Waals surface area contributed by atoms with Gasteiger partial charge in [-0.2, -0.15) is 0 Å². The molecule has 60 valence electrons. The van der Waals surface area contributed by atoms with E-state index in [0.29, 0.717) is 5.41 Å². The third-order valence-electron chi connectivity index (χ3n) is 1.70. The summed E-state index contributed by atoms with van der Waals surface area (Å²) in [5.74, 6) is 0. The zero-order chi connectivity index (χ0) is 7.61. The first kappa shape index (κ1) is 8.02. The molecule has 0 aromatic heterocycles. The summed E-state index contributed by atoms with van der Waals surface area (Å²) in [6.45, 7) is 10.2. The molecule has 0 bridgehead atoms. The second-order valence-electron chi connectivity index (χ2n) is 4.30. The molecule has 0 spiro atoms. The molecular weight excluding hydrogens is 124 g/mol. The third-order valence-corrected chi connectivity index (χ3v) is 1.70. The first-order valence-electron chi connectivity index (χ1n) is 4.02. The van der Waals surface area contributed by atoms with Crippen LogP contribution in [0, 0.1) is 5.41 Å². The quantitative estimate of drug-likeness (QED) is 0.590. The maximum atomic E-state index is 3.50. The van der Waals surface area contributed by atoms with Crippen molar-refractivity contribution in [1.82, 2.24) is 10.6 Å². The molecule has 10 heavy (non-hydrogen) atoms. The van der Waals surface area contributed by atoms with Gasteiger partial charge in [-0.1, -0.05) is 20.8 Å². The lowest BCUT2D eigenvalue weighted by Gasteiger charge is -2.31. The smallest absolute Gasteiger partial charge is 0.0317 e. The van der Waals surface area contributed by atoms with Crippen molar-refractivity contribution in [3.05, 3.63) is 0 Å². The van der Waals surface area contributed by atoms with Gasteiger partial charge in [0.25, 0.3) is 0 Å². The van der Waals surface area contributed by atoms with Gasteiger partial charge in [0.1, 0.15) is 0 Å². The minimum absolute atomic E-state index is 0.426. The van der Waals surface area contributed by atoms with E-state index in [0.717, 1.165) is 25.7 Å². The molecule has 1 fully saturated rings. The summed E-state index contributed by atoms with van der Waals surface area (Å²) in [7, 11) is 0. The number of hydrogen-bond acceptors (Lipinski definition) is 2. The number of hydrogen-bond donors (Lipinski definition) is 2. The van der Waals surface area contributed by atoms with Crippen LogP contribution in [0.2, 0.25) is 0 Å². The summed E-state index contributed by atoms with van der Waals surface area (Å²) in [4.78, 5) is 0. The van der Waals surface area contributed by atoms with Crippen molar-refractivity contribution in [2.24, 2.45) is 5.41 Å². The Hall–Kier alpha value is -0.0800. The van der Waals surface area contributed by atoms with Gasteiger partial charge in [0, 0.05) is 25.7 Å². The molecule has 1 aliphatic heterocycles. The molecule has 0 atom stereocenters. The molecule has 2 heteroatoms. The van der Waals surface area contributed by atoms with E-state index >= 15 is 0 Å². The number of rotatable bonds is 2. The number of nitrogens with one attached hydrogen (secondary N) is 2. The van der Waals surface area contributed by atoms with Gasteiger partial charge in [-0.25, -0.2) is 0 Å². The van der Waals surface area contributed by atoms with E-state index in [4.69, 9.17) is 0 Å². The summed E-state index contributed by atoms with van der Waals surface area (Å²) in [6, 6.07) is 0.735. The van der Waals surface area contributed by atoms with Gasteiger partial charge in [-0.15, -0.1) is 0 Å². The monoisotopic (exact) mass is 142 g/mol. The summed E-state index contributed by atoms with van der Waals surface area (Å²) >= 11 is 0. The zero-order valence-corrected chi connectivity index (χ0v) is 7.20. The van der Waals surface area contributed by atoms with Gasteiger partial charge in [0.05, 0.1) is 0 Å². The molecule has 2 N–H and O–H groups in total. The maximum Gasteiger partial charge on any atom is 0.0317 e. The van der Waals surface area contributed by atoms with Crippen molar-refractivity contribution < 1.29 is 0 Å². The SMILES string of the molecule is CC(C)(C)CNC1CNC1. The van der Waals surface area contributed by atoms with Crippen molar-refractivity contribution in [2.45, 2.75) is 26.8 Å². The predicted molar refractivity (Wildman–Crippen MR) is 44.1 cm³/mol. The van der Waals surface area contributed by atoms with Crippen LogP contribution in [0.15, 0.2) is 0 Å². The standard InChI is InChI=1S/C8H18N2/c1-8(2,3)6-10-7-4-9-5-7/h7,9-10H,4-6H2,1-3H3. The van der Waals surface area contributed by atoms with Crippen LogP contribution in [0.5, 0.6) is 0 Å². The largest absolute Gasteiger partial charge is 0.314 e. The van der Waals surface area contributed by atoms with Crippen molar-refractivity contribution in [3.63, 3.8) is 0 Å². The van der Waals surface area contributed by atoms with E-state index in [9.17, 15) is 0 Å². The fraction of sp³-hybridized carbons (Fsp3) is 1.00. The van der Waals surface area contributed by atoms with Gasteiger partial charge >= 0.3 is 0 Å². The summed E-state index contributed by atoms with van der Waals surface area (Å²) in [5.41, 5.74) is 0.426. The lowest BCUT2D eigenvalue weighted by molar-refractivity contribution is 0.301. The molecule has 0 saturated carbocycles.